The molecule has 0 amide bonds. The maximum atomic E-state index is 13.7. The Bertz CT molecular complexity index is 1620. The minimum absolute atomic E-state index is 0.225. The van der Waals surface area contributed by atoms with Crippen molar-refractivity contribution in [1.82, 2.24) is 19.5 Å². The molecule has 8 nitrogen and oxygen atoms in total. The molecule has 33 heavy (non-hydrogen) atoms. The van der Waals surface area contributed by atoms with Crippen LogP contribution >= 0.6 is 11.6 Å². The van der Waals surface area contributed by atoms with E-state index in [1.807, 2.05) is 37.3 Å². The summed E-state index contributed by atoms with van der Waals surface area (Å²) in [6.07, 6.45) is 2.89. The van der Waals surface area contributed by atoms with Crippen LogP contribution < -0.4 is 22.0 Å². The van der Waals surface area contributed by atoms with Gasteiger partial charge in [-0.2, -0.15) is 0 Å². The first-order chi connectivity index (χ1) is 16.0. The third kappa shape index (κ3) is 3.41. The summed E-state index contributed by atoms with van der Waals surface area (Å²) in [4.78, 5) is 37.5. The molecule has 1 atom stereocenters. The molecule has 0 saturated heterocycles. The molecule has 3 aromatic heterocycles. The molecule has 0 radical (unpaired) electrons. The number of anilines is 2. The second-order valence-corrected chi connectivity index (χ2v) is 7.98. The highest BCUT2D eigenvalue weighted by molar-refractivity contribution is 6.36. The molecule has 5 rings (SSSR count). The fourth-order valence-electron chi connectivity index (χ4n) is 4.06. The number of halogens is 1. The van der Waals surface area contributed by atoms with Gasteiger partial charge in [-0.1, -0.05) is 41.9 Å². The fraction of sp³-hybridized carbons (Fsp3) is 0.0833. The molecule has 0 aliphatic heterocycles. The van der Waals surface area contributed by atoms with E-state index in [0.29, 0.717) is 49.7 Å². The van der Waals surface area contributed by atoms with Crippen LogP contribution in [0.2, 0.25) is 5.02 Å². The van der Waals surface area contributed by atoms with E-state index >= 15 is 0 Å². The van der Waals surface area contributed by atoms with Crippen molar-refractivity contribution in [1.29, 1.82) is 0 Å². The standard InChI is InChI=1S/C24H19ClN6O2/c1-13(30-23-19-17(32)10-11-27-22(19)28-12-29-23)21-20(25)15-8-5-9-16(26)18(15)24(33)31(21)14-6-3-2-4-7-14/h2-13H,26H2,1H3,(H2,27,28,29,30,32)/t13-/m0/s1. The minimum Gasteiger partial charge on any atom is -0.398 e. The van der Waals surface area contributed by atoms with Crippen LogP contribution in [0.15, 0.2) is 76.7 Å². The number of fused-ring (bicyclic) bond motifs is 2. The van der Waals surface area contributed by atoms with Crippen molar-refractivity contribution in [3.63, 3.8) is 0 Å². The van der Waals surface area contributed by atoms with Crippen molar-refractivity contribution in [3.05, 3.63) is 98.4 Å². The molecule has 9 heteroatoms. The molecule has 2 aromatic carbocycles. The number of benzene rings is 2. The average Bonchev–Trinajstić information content (AvgIpc) is 2.81. The van der Waals surface area contributed by atoms with Gasteiger partial charge in [0, 0.05) is 29.0 Å². The van der Waals surface area contributed by atoms with Crippen LogP contribution in [0.3, 0.4) is 0 Å². The zero-order valence-corrected chi connectivity index (χ0v) is 18.3. The monoisotopic (exact) mass is 458 g/mol. The van der Waals surface area contributed by atoms with Crippen LogP contribution in [0, 0.1) is 0 Å². The van der Waals surface area contributed by atoms with Crippen molar-refractivity contribution in [2.24, 2.45) is 0 Å². The quantitative estimate of drug-likeness (QED) is 0.350. The van der Waals surface area contributed by atoms with Gasteiger partial charge >= 0.3 is 0 Å². The lowest BCUT2D eigenvalue weighted by Crippen LogP contribution is -2.27. The summed E-state index contributed by atoms with van der Waals surface area (Å²) in [7, 11) is 0. The summed E-state index contributed by atoms with van der Waals surface area (Å²) in [5.74, 6) is 0.338. The van der Waals surface area contributed by atoms with Gasteiger partial charge in [-0.3, -0.25) is 14.2 Å². The first kappa shape index (κ1) is 20.7. The molecule has 0 bridgehead atoms. The predicted octanol–water partition coefficient (Wildman–Crippen LogP) is 4.03. The summed E-state index contributed by atoms with van der Waals surface area (Å²) in [6.45, 7) is 1.85. The molecule has 0 fully saturated rings. The van der Waals surface area contributed by atoms with Crippen LogP contribution in [-0.2, 0) is 0 Å². The third-order valence-corrected chi connectivity index (χ3v) is 5.94. The predicted molar refractivity (Wildman–Crippen MR) is 131 cm³/mol. The maximum Gasteiger partial charge on any atom is 0.265 e. The smallest absolute Gasteiger partial charge is 0.265 e. The number of aromatic nitrogens is 4. The fourth-order valence-corrected chi connectivity index (χ4v) is 4.46. The number of hydrogen-bond donors (Lipinski definition) is 3. The Hall–Kier alpha value is -4.17. The van der Waals surface area contributed by atoms with E-state index in [2.05, 4.69) is 20.3 Å². The zero-order chi connectivity index (χ0) is 23.1. The highest BCUT2D eigenvalue weighted by atomic mass is 35.5. The van der Waals surface area contributed by atoms with Crippen molar-refractivity contribution >= 4 is 44.9 Å². The first-order valence-corrected chi connectivity index (χ1v) is 10.6. The van der Waals surface area contributed by atoms with Gasteiger partial charge in [0.05, 0.1) is 22.1 Å². The molecular formula is C24H19ClN6O2. The number of aromatic amines is 1. The molecular weight excluding hydrogens is 440 g/mol. The number of rotatable bonds is 4. The van der Waals surface area contributed by atoms with Crippen LogP contribution in [0.4, 0.5) is 11.5 Å². The summed E-state index contributed by atoms with van der Waals surface area (Å²) in [5, 5.41) is 4.87. The maximum absolute atomic E-state index is 13.7. The molecule has 0 aliphatic carbocycles. The molecule has 0 aliphatic rings. The second-order valence-electron chi connectivity index (χ2n) is 7.60. The molecule has 0 unspecified atom stereocenters. The number of pyridine rings is 2. The Morgan fingerprint density at radius 3 is 2.61 bits per heavy atom. The summed E-state index contributed by atoms with van der Waals surface area (Å²) < 4.78 is 1.55. The largest absolute Gasteiger partial charge is 0.398 e. The summed E-state index contributed by atoms with van der Waals surface area (Å²) in [5.41, 5.74) is 7.57. The van der Waals surface area contributed by atoms with Crippen LogP contribution in [0.1, 0.15) is 18.7 Å². The summed E-state index contributed by atoms with van der Waals surface area (Å²) in [6, 6.07) is 15.3. The number of H-pyrrole nitrogens is 1. The molecule has 3 heterocycles. The van der Waals surface area contributed by atoms with Crippen molar-refractivity contribution in [2.75, 3.05) is 11.1 Å². The van der Waals surface area contributed by atoms with E-state index in [1.54, 1.807) is 22.8 Å². The molecule has 0 saturated carbocycles. The summed E-state index contributed by atoms with van der Waals surface area (Å²) >= 11 is 6.90. The molecule has 0 spiro atoms. The number of nitrogen functional groups attached to an aromatic ring is 1. The van der Waals surface area contributed by atoms with Gasteiger partial charge in [0.15, 0.2) is 5.43 Å². The van der Waals surface area contributed by atoms with Gasteiger partial charge in [0.2, 0.25) is 0 Å². The van der Waals surface area contributed by atoms with Crippen LogP contribution in [-0.4, -0.2) is 19.5 Å². The minimum atomic E-state index is -0.506. The van der Waals surface area contributed by atoms with Gasteiger partial charge in [0.25, 0.3) is 5.56 Å². The highest BCUT2D eigenvalue weighted by Crippen LogP contribution is 2.34. The van der Waals surface area contributed by atoms with E-state index < -0.39 is 6.04 Å². The van der Waals surface area contributed by atoms with E-state index in [9.17, 15) is 9.59 Å². The zero-order valence-electron chi connectivity index (χ0n) is 17.5. The number of nitrogens with one attached hydrogen (secondary N) is 2. The number of nitrogens with two attached hydrogens (primary N) is 1. The topological polar surface area (TPSA) is 119 Å². The van der Waals surface area contributed by atoms with Crippen molar-refractivity contribution in [3.8, 4) is 5.69 Å². The molecule has 4 N–H and O–H groups in total. The Labute approximate surface area is 192 Å². The Kier molecular flexibility index (Phi) is 5.07. The highest BCUT2D eigenvalue weighted by Gasteiger charge is 2.23. The number of para-hydroxylation sites is 1. The van der Waals surface area contributed by atoms with Gasteiger partial charge < -0.3 is 16.0 Å². The van der Waals surface area contributed by atoms with Crippen LogP contribution in [0.25, 0.3) is 27.5 Å². The van der Waals surface area contributed by atoms with E-state index in [0.717, 1.165) is 0 Å². The Morgan fingerprint density at radius 1 is 1.03 bits per heavy atom. The lowest BCUT2D eigenvalue weighted by atomic mass is 10.1. The lowest BCUT2D eigenvalue weighted by molar-refractivity contribution is 0.774. The Morgan fingerprint density at radius 2 is 1.82 bits per heavy atom. The van der Waals surface area contributed by atoms with E-state index in [1.165, 1.54) is 18.6 Å². The number of hydrogen-bond acceptors (Lipinski definition) is 6. The van der Waals surface area contributed by atoms with Gasteiger partial charge in [-0.15, -0.1) is 0 Å². The second kappa shape index (κ2) is 8.07. The third-order valence-electron chi connectivity index (χ3n) is 5.54. The van der Waals surface area contributed by atoms with Crippen molar-refractivity contribution in [2.45, 2.75) is 13.0 Å². The normalized spacial score (nSPS) is 12.2. The molecule has 164 valence electrons. The molecule has 5 aromatic rings. The van der Waals surface area contributed by atoms with Gasteiger partial charge in [-0.25, -0.2) is 9.97 Å². The van der Waals surface area contributed by atoms with Crippen LogP contribution in [0.5, 0.6) is 0 Å². The van der Waals surface area contributed by atoms with Gasteiger partial charge in [-0.05, 0) is 25.1 Å². The van der Waals surface area contributed by atoms with Crippen molar-refractivity contribution < 1.29 is 0 Å². The number of nitrogens with zero attached hydrogens (tertiary/aromatic N) is 3. The Balaban J connectivity index is 1.77. The van der Waals surface area contributed by atoms with E-state index in [-0.39, 0.29) is 11.0 Å². The first-order valence-electron chi connectivity index (χ1n) is 10.2. The average molecular weight is 459 g/mol. The van der Waals surface area contributed by atoms with E-state index in [4.69, 9.17) is 17.3 Å². The SMILES string of the molecule is C[C@H](Nc1ncnc2[nH]ccc(=O)c12)c1c(Cl)c2cccc(N)c2c(=O)n1-c1ccccc1. The van der Waals surface area contributed by atoms with Gasteiger partial charge in [0.1, 0.15) is 23.2 Å². The lowest BCUT2D eigenvalue weighted by Gasteiger charge is -2.23.